The Morgan fingerprint density at radius 2 is 2.33 bits per heavy atom. The largest absolute Gasteiger partial charge is 0.464 e. The van der Waals surface area contributed by atoms with E-state index in [9.17, 15) is 9.18 Å². The number of methoxy groups -OCH3 is 1. The van der Waals surface area contributed by atoms with Gasteiger partial charge in [-0.25, -0.2) is 13.9 Å². The van der Waals surface area contributed by atoms with Crippen LogP contribution in [-0.2, 0) is 11.3 Å². The van der Waals surface area contributed by atoms with Gasteiger partial charge in [-0.05, 0) is 27.6 Å². The lowest BCUT2D eigenvalue weighted by Crippen LogP contribution is -2.02. The van der Waals surface area contributed by atoms with Crippen molar-refractivity contribution in [2.24, 2.45) is 0 Å². The molecule has 1 heterocycles. The third kappa shape index (κ3) is 2.56. The molecular weight excluding hydrogens is 305 g/mol. The lowest BCUT2D eigenvalue weighted by Gasteiger charge is -2.04. The lowest BCUT2D eigenvalue weighted by molar-refractivity contribution is 0.0594. The van der Waals surface area contributed by atoms with E-state index in [0.717, 1.165) is 0 Å². The van der Waals surface area contributed by atoms with E-state index in [1.54, 1.807) is 12.1 Å². The summed E-state index contributed by atoms with van der Waals surface area (Å²) >= 11 is 3.16. The zero-order chi connectivity index (χ0) is 13.1. The summed E-state index contributed by atoms with van der Waals surface area (Å²) in [6.07, 6.45) is 1.45. The van der Waals surface area contributed by atoms with Gasteiger partial charge in [-0.3, -0.25) is 0 Å². The van der Waals surface area contributed by atoms with Gasteiger partial charge in [0.1, 0.15) is 5.82 Å². The van der Waals surface area contributed by atoms with Crippen molar-refractivity contribution in [2.75, 3.05) is 7.11 Å². The van der Waals surface area contributed by atoms with Crippen LogP contribution in [-0.4, -0.2) is 28.1 Å². The molecule has 0 radical (unpaired) electrons. The van der Waals surface area contributed by atoms with Crippen LogP contribution in [0.3, 0.4) is 0 Å². The van der Waals surface area contributed by atoms with E-state index < -0.39 is 5.97 Å². The van der Waals surface area contributed by atoms with Gasteiger partial charge in [0.25, 0.3) is 0 Å². The maximum Gasteiger partial charge on any atom is 0.360 e. The number of hydrogen-bond donors (Lipinski definition) is 0. The summed E-state index contributed by atoms with van der Waals surface area (Å²) in [6, 6.07) is 4.72. The number of aromatic nitrogens is 3. The molecular formula is C11H9BrFN3O2. The summed E-state index contributed by atoms with van der Waals surface area (Å²) in [5.41, 5.74) is 0.821. The maximum absolute atomic E-state index is 13.3. The normalized spacial score (nSPS) is 10.4. The molecule has 0 fully saturated rings. The van der Waals surface area contributed by atoms with Crippen LogP contribution in [0.2, 0.25) is 0 Å². The number of carbonyl (C=O) groups is 1. The van der Waals surface area contributed by atoms with Crippen LogP contribution in [0.4, 0.5) is 4.39 Å². The van der Waals surface area contributed by atoms with E-state index in [0.29, 0.717) is 16.6 Å². The van der Waals surface area contributed by atoms with Crippen LogP contribution in [0.1, 0.15) is 16.1 Å². The first-order valence-electron chi connectivity index (χ1n) is 5.03. The average Bonchev–Trinajstić information content (AvgIpc) is 2.82. The highest BCUT2D eigenvalue weighted by Gasteiger charge is 2.12. The molecule has 0 aliphatic heterocycles. The van der Waals surface area contributed by atoms with Crippen molar-refractivity contribution >= 4 is 21.9 Å². The third-order valence-corrected chi connectivity index (χ3v) is 3.19. The number of hydrogen-bond acceptors (Lipinski definition) is 4. The van der Waals surface area contributed by atoms with Gasteiger partial charge < -0.3 is 4.74 Å². The molecule has 0 aliphatic rings. The van der Waals surface area contributed by atoms with E-state index in [4.69, 9.17) is 0 Å². The minimum Gasteiger partial charge on any atom is -0.464 e. The summed E-state index contributed by atoms with van der Waals surface area (Å²) < 4.78 is 19.6. The van der Waals surface area contributed by atoms with Crippen LogP contribution in [0.15, 0.2) is 28.9 Å². The first-order valence-corrected chi connectivity index (χ1v) is 5.82. The topological polar surface area (TPSA) is 57.0 Å². The van der Waals surface area contributed by atoms with Crippen molar-refractivity contribution in [1.29, 1.82) is 0 Å². The van der Waals surface area contributed by atoms with Gasteiger partial charge in [-0.1, -0.05) is 17.3 Å². The fraction of sp³-hybridized carbons (Fsp3) is 0.182. The molecule has 1 aromatic carbocycles. The first kappa shape index (κ1) is 12.7. The monoisotopic (exact) mass is 313 g/mol. The van der Waals surface area contributed by atoms with E-state index in [1.165, 1.54) is 24.1 Å². The molecule has 0 amide bonds. The molecule has 5 nitrogen and oxygen atoms in total. The fourth-order valence-corrected chi connectivity index (χ4v) is 1.81. The van der Waals surface area contributed by atoms with E-state index >= 15 is 0 Å². The van der Waals surface area contributed by atoms with Crippen molar-refractivity contribution in [3.8, 4) is 0 Å². The zero-order valence-electron chi connectivity index (χ0n) is 9.43. The fourth-order valence-electron chi connectivity index (χ4n) is 1.42. The Morgan fingerprint density at radius 1 is 1.56 bits per heavy atom. The number of esters is 1. The number of halogens is 2. The molecule has 0 aliphatic carbocycles. The van der Waals surface area contributed by atoms with Crippen molar-refractivity contribution in [3.63, 3.8) is 0 Å². The maximum atomic E-state index is 13.3. The highest BCUT2D eigenvalue weighted by Crippen LogP contribution is 2.21. The summed E-state index contributed by atoms with van der Waals surface area (Å²) in [7, 11) is 1.27. The van der Waals surface area contributed by atoms with Crippen LogP contribution in [0, 0.1) is 5.82 Å². The summed E-state index contributed by atoms with van der Waals surface area (Å²) in [5.74, 6) is -0.902. The Morgan fingerprint density at radius 3 is 3.06 bits per heavy atom. The predicted molar refractivity (Wildman–Crippen MR) is 64.6 cm³/mol. The quantitative estimate of drug-likeness (QED) is 0.813. The number of rotatable bonds is 3. The van der Waals surface area contributed by atoms with Crippen LogP contribution in [0.5, 0.6) is 0 Å². The first-order chi connectivity index (χ1) is 8.61. The molecule has 1 aromatic heterocycles. The van der Waals surface area contributed by atoms with Crippen molar-refractivity contribution in [1.82, 2.24) is 15.0 Å². The highest BCUT2D eigenvalue weighted by molar-refractivity contribution is 9.10. The van der Waals surface area contributed by atoms with Gasteiger partial charge in [0.2, 0.25) is 0 Å². The number of benzene rings is 1. The van der Waals surface area contributed by atoms with Crippen LogP contribution in [0.25, 0.3) is 0 Å². The Kier molecular flexibility index (Phi) is 3.71. The molecule has 0 N–H and O–H groups in total. The summed E-state index contributed by atoms with van der Waals surface area (Å²) in [4.78, 5) is 11.2. The molecule has 2 rings (SSSR count). The minimum atomic E-state index is -0.556. The van der Waals surface area contributed by atoms with Gasteiger partial charge in [-0.15, -0.1) is 5.10 Å². The smallest absolute Gasteiger partial charge is 0.360 e. The predicted octanol–water partition coefficient (Wildman–Crippen LogP) is 2.01. The van der Waals surface area contributed by atoms with Crippen molar-refractivity contribution < 1.29 is 13.9 Å². The van der Waals surface area contributed by atoms with Crippen LogP contribution < -0.4 is 0 Å². The van der Waals surface area contributed by atoms with E-state index in [2.05, 4.69) is 31.0 Å². The average molecular weight is 314 g/mol. The Hall–Kier alpha value is -1.76. The van der Waals surface area contributed by atoms with E-state index in [1.807, 2.05) is 0 Å². The molecule has 0 saturated carbocycles. The third-order valence-electron chi connectivity index (χ3n) is 2.30. The highest BCUT2D eigenvalue weighted by atomic mass is 79.9. The molecule has 7 heteroatoms. The van der Waals surface area contributed by atoms with Gasteiger partial charge in [0, 0.05) is 0 Å². The van der Waals surface area contributed by atoms with Crippen LogP contribution >= 0.6 is 15.9 Å². The van der Waals surface area contributed by atoms with Crippen molar-refractivity contribution in [2.45, 2.75) is 6.54 Å². The van der Waals surface area contributed by atoms with Crippen molar-refractivity contribution in [3.05, 3.63) is 45.9 Å². The molecule has 0 atom stereocenters. The molecule has 0 unspecified atom stereocenters. The summed E-state index contributed by atoms with van der Waals surface area (Å²) in [6.45, 7) is 0.308. The zero-order valence-corrected chi connectivity index (χ0v) is 11.0. The molecule has 0 spiro atoms. The molecule has 2 aromatic rings. The second kappa shape index (κ2) is 5.26. The Labute approximate surface area is 111 Å². The minimum absolute atomic E-state index is 0.116. The second-order valence-electron chi connectivity index (χ2n) is 3.51. The second-order valence-corrected chi connectivity index (χ2v) is 4.30. The standard InChI is InChI=1S/C11H9BrFN3O2/c1-18-11(17)9-6-16(15-14-9)5-7-3-2-4-8(13)10(7)12/h2-4,6H,5H2,1H3. The lowest BCUT2D eigenvalue weighted by atomic mass is 10.2. The van der Waals surface area contributed by atoms with E-state index in [-0.39, 0.29) is 11.5 Å². The van der Waals surface area contributed by atoms with Gasteiger partial charge in [0.15, 0.2) is 5.69 Å². The van der Waals surface area contributed by atoms with Gasteiger partial charge >= 0.3 is 5.97 Å². The number of carbonyl (C=O) groups excluding carboxylic acids is 1. The SMILES string of the molecule is COC(=O)c1cn(Cc2cccc(F)c2Br)nn1. The Balaban J connectivity index is 2.21. The Bertz CT molecular complexity index is 585. The summed E-state index contributed by atoms with van der Waals surface area (Å²) in [5, 5.41) is 7.44. The van der Waals surface area contributed by atoms with Gasteiger partial charge in [0.05, 0.1) is 24.3 Å². The van der Waals surface area contributed by atoms with Gasteiger partial charge in [-0.2, -0.15) is 0 Å². The molecule has 94 valence electrons. The number of ether oxygens (including phenoxy) is 1. The molecule has 18 heavy (non-hydrogen) atoms. The number of nitrogens with zero attached hydrogens (tertiary/aromatic N) is 3. The molecule has 0 bridgehead atoms. The molecule has 0 saturated heterocycles.